The van der Waals surface area contributed by atoms with Gasteiger partial charge in [0.15, 0.2) is 0 Å². The molecule has 0 saturated carbocycles. The average molecular weight is 554 g/mol. The second-order valence-electron chi connectivity index (χ2n) is 9.37. The van der Waals surface area contributed by atoms with Gasteiger partial charge in [0.25, 0.3) is 0 Å². The second kappa shape index (κ2) is 10.2. The van der Waals surface area contributed by atoms with Gasteiger partial charge in [0, 0.05) is 38.3 Å². The van der Waals surface area contributed by atoms with E-state index in [2.05, 4.69) is 31.9 Å². The van der Waals surface area contributed by atoms with Crippen molar-refractivity contribution < 1.29 is 9.59 Å². The summed E-state index contributed by atoms with van der Waals surface area (Å²) < 4.78 is 0.929. The van der Waals surface area contributed by atoms with Gasteiger partial charge in [-0.25, -0.2) is 4.79 Å². The van der Waals surface area contributed by atoms with Crippen LogP contribution in [-0.2, 0) is 11.2 Å². The van der Waals surface area contributed by atoms with Crippen LogP contribution in [-0.4, -0.2) is 29.2 Å². The molecule has 35 heavy (non-hydrogen) atoms. The molecule has 0 saturated heterocycles. The Hall–Kier alpha value is -3.16. The van der Waals surface area contributed by atoms with E-state index in [-0.39, 0.29) is 17.5 Å². The fraction of sp³-hybridized carbons (Fsp3) is 0.222. The van der Waals surface area contributed by atoms with Crippen LogP contribution in [0.1, 0.15) is 37.5 Å². The molecule has 180 valence electrons. The Balaban J connectivity index is 1.69. The minimum absolute atomic E-state index is 0.184. The van der Waals surface area contributed by atoms with E-state index in [1.54, 1.807) is 18.2 Å². The number of fused-ring (bicyclic) bond motifs is 1. The first-order chi connectivity index (χ1) is 16.6. The van der Waals surface area contributed by atoms with Crippen LogP contribution in [0.5, 0.6) is 0 Å². The molecule has 0 spiro atoms. The lowest BCUT2D eigenvalue weighted by molar-refractivity contribution is -0.117. The number of carbonyl (C=O) groups is 2. The average Bonchev–Trinajstić information content (AvgIpc) is 2.91. The maximum Gasteiger partial charge on any atom is 0.319 e. The van der Waals surface area contributed by atoms with Crippen molar-refractivity contribution in [3.63, 3.8) is 0 Å². The van der Waals surface area contributed by atoms with Crippen LogP contribution >= 0.6 is 27.5 Å². The second-order valence-corrected chi connectivity index (χ2v) is 10.7. The summed E-state index contributed by atoms with van der Waals surface area (Å²) in [5, 5.41) is 9.27. The van der Waals surface area contributed by atoms with E-state index in [1.165, 1.54) is 0 Å². The van der Waals surface area contributed by atoms with Gasteiger partial charge in [-0.2, -0.15) is 0 Å². The minimum atomic E-state index is -0.634. The molecule has 6 nitrogen and oxygen atoms in total. The molecule has 1 unspecified atom stereocenters. The topological polar surface area (TPSA) is 82.6 Å². The molecular formula is C27H26BrClN4O2. The summed E-state index contributed by atoms with van der Waals surface area (Å²) in [6.07, 6.45) is 0.436. The standard InChI is InChI=1S/C27H26BrClN4O2/c1-27(2,3)33-26(35)30-19-11-8-16(9-12-19)24-20-15-18(29)10-13-22(20)32-25(34)23(31-24)14-17-6-4-5-7-21(17)28/h4-13,15,23H,14H2,1-3H3,(H,32,34)(H2,30,33,35). The third-order valence-corrected chi connectivity index (χ3v) is 6.37. The van der Waals surface area contributed by atoms with Gasteiger partial charge in [0.2, 0.25) is 5.91 Å². The van der Waals surface area contributed by atoms with Gasteiger partial charge in [-0.3, -0.25) is 9.79 Å². The highest BCUT2D eigenvalue weighted by molar-refractivity contribution is 9.10. The highest BCUT2D eigenvalue weighted by atomic mass is 79.9. The molecule has 3 aromatic rings. The molecule has 1 heterocycles. The number of benzodiazepines with no additional fused rings is 1. The molecule has 0 aliphatic carbocycles. The lowest BCUT2D eigenvalue weighted by Gasteiger charge is -2.20. The van der Waals surface area contributed by atoms with Crippen LogP contribution in [0.25, 0.3) is 0 Å². The molecule has 3 N–H and O–H groups in total. The zero-order valence-corrected chi connectivity index (χ0v) is 22.0. The van der Waals surface area contributed by atoms with Gasteiger partial charge >= 0.3 is 6.03 Å². The van der Waals surface area contributed by atoms with Gasteiger partial charge in [0.05, 0.1) is 11.4 Å². The van der Waals surface area contributed by atoms with Gasteiger partial charge in [-0.05, 0) is 62.7 Å². The number of benzene rings is 3. The Kier molecular flexibility index (Phi) is 7.28. The molecule has 8 heteroatoms. The zero-order valence-electron chi connectivity index (χ0n) is 19.7. The number of nitrogens with zero attached hydrogens (tertiary/aromatic N) is 1. The Morgan fingerprint density at radius 2 is 1.80 bits per heavy atom. The maximum atomic E-state index is 13.1. The van der Waals surface area contributed by atoms with E-state index < -0.39 is 6.04 Å². The van der Waals surface area contributed by atoms with Crippen molar-refractivity contribution in [3.05, 3.63) is 92.9 Å². The number of hydrogen-bond acceptors (Lipinski definition) is 3. The van der Waals surface area contributed by atoms with Gasteiger partial charge in [0.1, 0.15) is 6.04 Å². The van der Waals surface area contributed by atoms with Crippen molar-refractivity contribution in [2.75, 3.05) is 10.6 Å². The number of hydrogen-bond donors (Lipinski definition) is 3. The fourth-order valence-corrected chi connectivity index (χ4v) is 4.40. The van der Waals surface area contributed by atoms with E-state index in [0.717, 1.165) is 21.2 Å². The summed E-state index contributed by atoms with van der Waals surface area (Å²) in [6.45, 7) is 5.76. The Bertz CT molecular complexity index is 1300. The Labute approximate surface area is 218 Å². The van der Waals surface area contributed by atoms with Crippen molar-refractivity contribution >= 4 is 56.6 Å². The van der Waals surface area contributed by atoms with Crippen molar-refractivity contribution in [3.8, 4) is 0 Å². The molecule has 0 radical (unpaired) electrons. The zero-order chi connectivity index (χ0) is 25.2. The molecule has 1 atom stereocenters. The molecule has 0 fully saturated rings. The SMILES string of the molecule is CC(C)(C)NC(=O)Nc1ccc(C2=NC(Cc3ccccc3Br)C(=O)Nc3ccc(Cl)cc32)cc1. The predicted molar refractivity (Wildman–Crippen MR) is 146 cm³/mol. The van der Waals surface area contributed by atoms with Crippen LogP contribution in [0.2, 0.25) is 5.02 Å². The number of carbonyl (C=O) groups excluding carboxylic acids is 2. The summed E-state index contributed by atoms with van der Waals surface area (Å²) in [4.78, 5) is 30.3. The third-order valence-electron chi connectivity index (χ3n) is 5.36. The fourth-order valence-electron chi connectivity index (χ4n) is 3.78. The Morgan fingerprint density at radius 3 is 2.49 bits per heavy atom. The van der Waals surface area contributed by atoms with Crippen LogP contribution in [0.3, 0.4) is 0 Å². The van der Waals surface area contributed by atoms with Crippen LogP contribution < -0.4 is 16.0 Å². The van der Waals surface area contributed by atoms with Crippen LogP contribution in [0, 0.1) is 0 Å². The normalized spacial score (nSPS) is 15.4. The first kappa shape index (κ1) is 24.9. The maximum absolute atomic E-state index is 13.1. The smallest absolute Gasteiger partial charge is 0.319 e. The summed E-state index contributed by atoms with van der Waals surface area (Å²) >= 11 is 9.88. The van der Waals surface area contributed by atoms with Crippen molar-refractivity contribution in [1.29, 1.82) is 0 Å². The molecule has 1 aliphatic rings. The number of aliphatic imine (C=N–C) groups is 1. The number of amides is 3. The largest absolute Gasteiger partial charge is 0.333 e. The quantitative estimate of drug-likeness (QED) is 0.348. The highest BCUT2D eigenvalue weighted by Crippen LogP contribution is 2.29. The monoisotopic (exact) mass is 552 g/mol. The molecule has 1 aliphatic heterocycles. The van der Waals surface area contributed by atoms with E-state index in [4.69, 9.17) is 16.6 Å². The van der Waals surface area contributed by atoms with E-state index in [1.807, 2.05) is 69.3 Å². The number of nitrogens with one attached hydrogen (secondary N) is 3. The summed E-state index contributed by atoms with van der Waals surface area (Å²) in [5.74, 6) is -0.184. The number of rotatable bonds is 4. The number of anilines is 2. The van der Waals surface area contributed by atoms with Crippen LogP contribution in [0.15, 0.2) is 76.2 Å². The molecule has 0 bridgehead atoms. The molecule has 3 amide bonds. The predicted octanol–water partition coefficient (Wildman–Crippen LogP) is 6.42. The van der Waals surface area contributed by atoms with Crippen molar-refractivity contribution in [2.45, 2.75) is 38.8 Å². The van der Waals surface area contributed by atoms with Gasteiger partial charge < -0.3 is 16.0 Å². The first-order valence-corrected chi connectivity index (χ1v) is 12.4. The van der Waals surface area contributed by atoms with Crippen molar-refractivity contribution in [2.24, 2.45) is 4.99 Å². The third kappa shape index (κ3) is 6.29. The first-order valence-electron chi connectivity index (χ1n) is 11.2. The van der Waals surface area contributed by atoms with Crippen LogP contribution in [0.4, 0.5) is 16.2 Å². The van der Waals surface area contributed by atoms with E-state index in [9.17, 15) is 9.59 Å². The lowest BCUT2D eigenvalue weighted by atomic mass is 10.00. The molecular weight excluding hydrogens is 528 g/mol. The molecule has 4 rings (SSSR count). The number of halogens is 2. The van der Waals surface area contributed by atoms with E-state index >= 15 is 0 Å². The van der Waals surface area contributed by atoms with Gasteiger partial charge in [-0.1, -0.05) is 57.9 Å². The minimum Gasteiger partial charge on any atom is -0.333 e. The highest BCUT2D eigenvalue weighted by Gasteiger charge is 2.27. The molecule has 0 aromatic heterocycles. The summed E-state index contributed by atoms with van der Waals surface area (Å²) in [6, 6.07) is 19.6. The van der Waals surface area contributed by atoms with Gasteiger partial charge in [-0.15, -0.1) is 0 Å². The lowest BCUT2D eigenvalue weighted by Crippen LogP contribution is -2.43. The summed E-state index contributed by atoms with van der Waals surface area (Å²) in [7, 11) is 0. The molecule has 3 aromatic carbocycles. The number of urea groups is 1. The van der Waals surface area contributed by atoms with E-state index in [0.29, 0.717) is 28.5 Å². The summed E-state index contributed by atoms with van der Waals surface area (Å²) in [5.41, 5.74) is 4.16. The Morgan fingerprint density at radius 1 is 1.09 bits per heavy atom. The van der Waals surface area contributed by atoms with Crippen molar-refractivity contribution in [1.82, 2.24) is 5.32 Å².